The summed E-state index contributed by atoms with van der Waals surface area (Å²) in [6, 6.07) is 0.872. The highest BCUT2D eigenvalue weighted by Gasteiger charge is 2.25. The van der Waals surface area contributed by atoms with Crippen LogP contribution in [0.4, 0.5) is 0 Å². The van der Waals surface area contributed by atoms with E-state index in [1.807, 2.05) is 0 Å². The van der Waals surface area contributed by atoms with Gasteiger partial charge in [-0.1, -0.05) is 0 Å². The lowest BCUT2D eigenvalue weighted by Crippen LogP contribution is -2.34. The molecule has 108 valence electrons. The summed E-state index contributed by atoms with van der Waals surface area (Å²) in [5.74, 6) is -1.90. The number of sulfonamides is 1. The van der Waals surface area contributed by atoms with E-state index in [1.54, 1.807) is 0 Å². The number of aromatic carboxylic acids is 1. The molecular formula is C9H12BrNO7S. The average molecular weight is 358 g/mol. The van der Waals surface area contributed by atoms with Gasteiger partial charge in [-0.15, -0.1) is 0 Å². The Morgan fingerprint density at radius 2 is 2.26 bits per heavy atom. The fourth-order valence-electron chi connectivity index (χ4n) is 1.18. The Morgan fingerprint density at radius 1 is 1.63 bits per heavy atom. The van der Waals surface area contributed by atoms with E-state index in [1.165, 1.54) is 7.11 Å². The number of aliphatic hydroxyl groups is 1. The van der Waals surface area contributed by atoms with E-state index >= 15 is 0 Å². The fraction of sp³-hybridized carbons (Fsp3) is 0.444. The largest absolute Gasteiger partial charge is 0.475 e. The standard InChI is InChI=1S/C9H12BrNO7S/c1-17-4-5(12)3-11-19(15,16)7-2-6(9(13)14)18-8(7)10/h2,5,11-12H,3-4H2,1H3,(H,13,14). The van der Waals surface area contributed by atoms with Crippen molar-refractivity contribution in [1.82, 2.24) is 4.72 Å². The van der Waals surface area contributed by atoms with Gasteiger partial charge >= 0.3 is 5.97 Å². The van der Waals surface area contributed by atoms with E-state index in [-0.39, 0.29) is 22.7 Å². The summed E-state index contributed by atoms with van der Waals surface area (Å²) < 4.78 is 35.0. The highest BCUT2D eigenvalue weighted by atomic mass is 79.9. The minimum Gasteiger partial charge on any atom is -0.475 e. The van der Waals surface area contributed by atoms with Gasteiger partial charge in [-0.3, -0.25) is 0 Å². The molecule has 0 radical (unpaired) electrons. The highest BCUT2D eigenvalue weighted by Crippen LogP contribution is 2.25. The zero-order valence-corrected chi connectivity index (χ0v) is 12.2. The molecule has 1 aromatic rings. The first kappa shape index (κ1) is 16.1. The van der Waals surface area contributed by atoms with Crippen LogP contribution >= 0.6 is 15.9 Å². The number of aliphatic hydroxyl groups excluding tert-OH is 1. The van der Waals surface area contributed by atoms with Crippen molar-refractivity contribution in [2.45, 2.75) is 11.0 Å². The molecule has 1 aromatic heterocycles. The van der Waals surface area contributed by atoms with Crippen molar-refractivity contribution >= 4 is 31.9 Å². The lowest BCUT2D eigenvalue weighted by Gasteiger charge is -2.10. The third-order valence-corrected chi connectivity index (χ3v) is 4.30. The van der Waals surface area contributed by atoms with E-state index < -0.39 is 27.9 Å². The van der Waals surface area contributed by atoms with E-state index in [2.05, 4.69) is 25.4 Å². The van der Waals surface area contributed by atoms with Gasteiger partial charge in [0.25, 0.3) is 0 Å². The van der Waals surface area contributed by atoms with Crippen LogP contribution in [0.5, 0.6) is 0 Å². The minimum atomic E-state index is -3.99. The number of rotatable bonds is 7. The predicted octanol–water partition coefficient (Wildman–Crippen LogP) is 0.0259. The molecule has 0 spiro atoms. The van der Waals surface area contributed by atoms with Crippen LogP contribution in [-0.2, 0) is 14.8 Å². The summed E-state index contributed by atoms with van der Waals surface area (Å²) in [5.41, 5.74) is 0. The third-order valence-electron chi connectivity index (χ3n) is 2.02. The molecule has 1 heterocycles. The number of hydrogen-bond acceptors (Lipinski definition) is 6. The molecule has 10 heteroatoms. The SMILES string of the molecule is COCC(O)CNS(=O)(=O)c1cc(C(=O)O)oc1Br. The monoisotopic (exact) mass is 357 g/mol. The maximum Gasteiger partial charge on any atom is 0.371 e. The molecule has 0 aromatic carbocycles. The topological polar surface area (TPSA) is 126 Å². The lowest BCUT2D eigenvalue weighted by molar-refractivity contribution is 0.0660. The van der Waals surface area contributed by atoms with Crippen LogP contribution in [0.1, 0.15) is 10.6 Å². The first-order chi connectivity index (χ1) is 8.77. The number of nitrogens with one attached hydrogen (secondary N) is 1. The zero-order valence-electron chi connectivity index (χ0n) is 9.79. The second-order valence-electron chi connectivity index (χ2n) is 3.51. The van der Waals surface area contributed by atoms with E-state index in [0.29, 0.717) is 0 Å². The molecule has 1 rings (SSSR count). The summed E-state index contributed by atoms with van der Waals surface area (Å²) >= 11 is 2.82. The van der Waals surface area contributed by atoms with Crippen molar-refractivity contribution in [1.29, 1.82) is 0 Å². The number of furan rings is 1. The number of hydrogen-bond donors (Lipinski definition) is 3. The van der Waals surface area contributed by atoms with Crippen LogP contribution in [-0.4, -0.2) is 51.0 Å². The summed E-state index contributed by atoms with van der Waals surface area (Å²) in [5, 5.41) is 18.0. The van der Waals surface area contributed by atoms with Gasteiger partial charge in [-0.2, -0.15) is 0 Å². The lowest BCUT2D eigenvalue weighted by atomic mass is 10.4. The predicted molar refractivity (Wildman–Crippen MR) is 66.4 cm³/mol. The van der Waals surface area contributed by atoms with Crippen molar-refractivity contribution in [2.75, 3.05) is 20.3 Å². The normalized spacial score (nSPS) is 13.4. The Hall–Kier alpha value is -0.940. The van der Waals surface area contributed by atoms with Crippen molar-refractivity contribution in [2.24, 2.45) is 0 Å². The van der Waals surface area contributed by atoms with E-state index in [4.69, 9.17) is 9.52 Å². The molecule has 0 aliphatic rings. The number of carboxylic acid groups (broad SMARTS) is 1. The van der Waals surface area contributed by atoms with Crippen LogP contribution in [0.3, 0.4) is 0 Å². The van der Waals surface area contributed by atoms with Crippen LogP contribution in [0.25, 0.3) is 0 Å². The minimum absolute atomic E-state index is 0.0323. The van der Waals surface area contributed by atoms with E-state index in [0.717, 1.165) is 6.07 Å². The Kier molecular flexibility index (Phi) is 5.50. The average Bonchev–Trinajstić information content (AvgIpc) is 2.70. The smallest absolute Gasteiger partial charge is 0.371 e. The molecule has 3 N–H and O–H groups in total. The van der Waals surface area contributed by atoms with Gasteiger partial charge in [-0.25, -0.2) is 17.9 Å². The number of methoxy groups -OCH3 is 1. The zero-order chi connectivity index (χ0) is 14.6. The van der Waals surface area contributed by atoms with Gasteiger partial charge < -0.3 is 19.4 Å². The van der Waals surface area contributed by atoms with Crippen molar-refractivity contribution in [3.8, 4) is 0 Å². The highest BCUT2D eigenvalue weighted by molar-refractivity contribution is 9.10. The van der Waals surface area contributed by atoms with Crippen LogP contribution in [0, 0.1) is 0 Å². The first-order valence-electron chi connectivity index (χ1n) is 4.97. The molecule has 1 atom stereocenters. The number of carboxylic acids is 1. The molecular weight excluding hydrogens is 346 g/mol. The number of halogens is 1. The summed E-state index contributed by atoms with van der Waals surface area (Å²) in [6.45, 7) is -0.300. The third kappa shape index (κ3) is 4.28. The van der Waals surface area contributed by atoms with Gasteiger partial charge in [0.1, 0.15) is 4.90 Å². The fourth-order valence-corrected chi connectivity index (χ4v) is 3.19. The molecule has 0 bridgehead atoms. The molecule has 0 aliphatic carbocycles. The van der Waals surface area contributed by atoms with Crippen LogP contribution in [0.2, 0.25) is 0 Å². The van der Waals surface area contributed by atoms with Gasteiger partial charge in [0.2, 0.25) is 15.8 Å². The number of carbonyl (C=O) groups is 1. The summed E-state index contributed by atoms with van der Waals surface area (Å²) in [7, 11) is -2.62. The van der Waals surface area contributed by atoms with Crippen LogP contribution in [0.15, 0.2) is 20.0 Å². The molecule has 8 nitrogen and oxygen atoms in total. The maximum atomic E-state index is 11.9. The molecule has 0 saturated heterocycles. The second kappa shape index (κ2) is 6.48. The van der Waals surface area contributed by atoms with Crippen molar-refractivity contribution in [3.63, 3.8) is 0 Å². The molecule has 0 saturated carbocycles. The Morgan fingerprint density at radius 3 is 2.74 bits per heavy atom. The maximum absolute atomic E-state index is 11.9. The molecule has 0 fully saturated rings. The Bertz CT molecular complexity index is 553. The van der Waals surface area contributed by atoms with Gasteiger partial charge in [0.05, 0.1) is 12.7 Å². The van der Waals surface area contributed by atoms with Gasteiger partial charge in [-0.05, 0) is 15.9 Å². The van der Waals surface area contributed by atoms with Crippen molar-refractivity contribution < 1.29 is 32.6 Å². The van der Waals surface area contributed by atoms with Crippen LogP contribution < -0.4 is 4.72 Å². The van der Waals surface area contributed by atoms with Gasteiger partial charge in [0.15, 0.2) is 4.67 Å². The molecule has 19 heavy (non-hydrogen) atoms. The Balaban J connectivity index is 2.86. The molecule has 0 aliphatic heterocycles. The Labute approximate surface area is 117 Å². The van der Waals surface area contributed by atoms with E-state index in [9.17, 15) is 18.3 Å². The molecule has 1 unspecified atom stereocenters. The first-order valence-corrected chi connectivity index (χ1v) is 7.25. The second-order valence-corrected chi connectivity index (χ2v) is 5.97. The summed E-state index contributed by atoms with van der Waals surface area (Å²) in [4.78, 5) is 10.3. The van der Waals surface area contributed by atoms with Gasteiger partial charge in [0, 0.05) is 19.7 Å². The molecule has 0 amide bonds. The quantitative estimate of drug-likeness (QED) is 0.628. The summed E-state index contributed by atoms with van der Waals surface area (Å²) in [6.07, 6.45) is -1.01. The number of ether oxygens (including phenoxy) is 1. The van der Waals surface area contributed by atoms with Crippen molar-refractivity contribution in [3.05, 3.63) is 16.5 Å².